The third-order valence-corrected chi connectivity index (χ3v) is 3.91. The Balaban J connectivity index is 2.30. The van der Waals surface area contributed by atoms with Gasteiger partial charge >= 0.3 is 0 Å². The van der Waals surface area contributed by atoms with Crippen molar-refractivity contribution >= 4 is 5.91 Å². The van der Waals surface area contributed by atoms with Crippen molar-refractivity contribution in [2.45, 2.75) is 45.1 Å². The summed E-state index contributed by atoms with van der Waals surface area (Å²) in [5.41, 5.74) is 1.95. The fraction of sp³-hybridized carbons (Fsp3) is 0.692. The molecule has 0 bridgehead atoms. The zero-order valence-corrected chi connectivity index (χ0v) is 11.5. The fourth-order valence-corrected chi connectivity index (χ4v) is 2.77. The normalized spacial score (nSPS) is 23.2. The van der Waals surface area contributed by atoms with E-state index in [1.807, 2.05) is 14.0 Å². The number of hydrogen-bond donors (Lipinski definition) is 1. The number of aromatic nitrogens is 2. The van der Waals surface area contributed by atoms with Gasteiger partial charge in [-0.05, 0) is 19.8 Å². The summed E-state index contributed by atoms with van der Waals surface area (Å²) in [5.74, 6) is 0.943. The SMILES string of the molecule is CCC1(Cc2c(C)nn(C)c2OC)CCC(=O)N1. The molecule has 1 N–H and O–H groups in total. The maximum atomic E-state index is 11.5. The molecule has 0 aromatic carbocycles. The van der Waals surface area contributed by atoms with Crippen molar-refractivity contribution in [1.29, 1.82) is 0 Å². The standard InChI is InChI=1S/C13H21N3O2/c1-5-13(7-6-11(17)14-13)8-10-9(2)15-16(3)12(10)18-4/h5-8H2,1-4H3,(H,14,17). The van der Waals surface area contributed by atoms with Crippen molar-refractivity contribution in [2.24, 2.45) is 7.05 Å². The maximum Gasteiger partial charge on any atom is 0.220 e. The molecule has 2 rings (SSSR count). The Morgan fingerprint density at radius 2 is 2.28 bits per heavy atom. The number of methoxy groups -OCH3 is 1. The summed E-state index contributed by atoms with van der Waals surface area (Å²) in [5, 5.41) is 7.51. The average Bonchev–Trinajstić information content (AvgIpc) is 2.82. The molecule has 1 aromatic heterocycles. The zero-order valence-electron chi connectivity index (χ0n) is 11.5. The molecule has 1 unspecified atom stereocenters. The van der Waals surface area contributed by atoms with Crippen molar-refractivity contribution in [3.63, 3.8) is 0 Å². The summed E-state index contributed by atoms with van der Waals surface area (Å²) in [6, 6.07) is 0. The summed E-state index contributed by atoms with van der Waals surface area (Å²) >= 11 is 0. The van der Waals surface area contributed by atoms with Crippen LogP contribution in [0.5, 0.6) is 5.88 Å². The molecule has 100 valence electrons. The van der Waals surface area contributed by atoms with Gasteiger partial charge in [-0.15, -0.1) is 0 Å². The van der Waals surface area contributed by atoms with Crippen molar-refractivity contribution in [2.75, 3.05) is 7.11 Å². The number of aryl methyl sites for hydroxylation is 2. The Hall–Kier alpha value is -1.52. The Bertz CT molecular complexity index is 467. The van der Waals surface area contributed by atoms with Crippen LogP contribution in [-0.2, 0) is 18.3 Å². The Kier molecular flexibility index (Phi) is 3.32. The molecule has 0 radical (unpaired) electrons. The first-order valence-corrected chi connectivity index (χ1v) is 6.39. The van der Waals surface area contributed by atoms with Gasteiger partial charge < -0.3 is 10.1 Å². The monoisotopic (exact) mass is 251 g/mol. The van der Waals surface area contributed by atoms with Crippen LogP contribution in [-0.4, -0.2) is 28.3 Å². The van der Waals surface area contributed by atoms with Crippen molar-refractivity contribution in [3.05, 3.63) is 11.3 Å². The second-order valence-corrected chi connectivity index (χ2v) is 5.06. The highest BCUT2D eigenvalue weighted by atomic mass is 16.5. The van der Waals surface area contributed by atoms with E-state index < -0.39 is 0 Å². The number of carbonyl (C=O) groups excluding carboxylic acids is 1. The summed E-state index contributed by atoms with van der Waals surface area (Å²) in [4.78, 5) is 11.5. The minimum atomic E-state index is -0.127. The van der Waals surface area contributed by atoms with Gasteiger partial charge in [0.15, 0.2) is 0 Å². The lowest BCUT2D eigenvalue weighted by Gasteiger charge is -2.27. The van der Waals surface area contributed by atoms with E-state index in [2.05, 4.69) is 17.3 Å². The summed E-state index contributed by atoms with van der Waals surface area (Å²) in [6.45, 7) is 4.10. The Morgan fingerprint density at radius 1 is 1.56 bits per heavy atom. The van der Waals surface area contributed by atoms with Gasteiger partial charge in [-0.3, -0.25) is 4.79 Å². The predicted molar refractivity (Wildman–Crippen MR) is 68.6 cm³/mol. The van der Waals surface area contributed by atoms with E-state index >= 15 is 0 Å². The number of nitrogens with zero attached hydrogens (tertiary/aromatic N) is 2. The van der Waals surface area contributed by atoms with Gasteiger partial charge in [0.25, 0.3) is 0 Å². The van der Waals surface area contributed by atoms with E-state index in [1.54, 1.807) is 11.8 Å². The number of ether oxygens (including phenoxy) is 1. The number of carbonyl (C=O) groups is 1. The molecule has 18 heavy (non-hydrogen) atoms. The minimum Gasteiger partial charge on any atom is -0.481 e. The molecule has 1 amide bonds. The van der Waals surface area contributed by atoms with E-state index in [9.17, 15) is 4.79 Å². The lowest BCUT2D eigenvalue weighted by atomic mass is 9.87. The number of rotatable bonds is 4. The lowest BCUT2D eigenvalue weighted by Crippen LogP contribution is -2.43. The molecule has 1 aromatic rings. The van der Waals surface area contributed by atoms with Crippen molar-refractivity contribution in [3.8, 4) is 5.88 Å². The fourth-order valence-electron chi connectivity index (χ4n) is 2.77. The highest BCUT2D eigenvalue weighted by Gasteiger charge is 2.37. The predicted octanol–water partition coefficient (Wildman–Crippen LogP) is 1.34. The molecule has 0 aliphatic carbocycles. The molecule has 0 spiro atoms. The highest BCUT2D eigenvalue weighted by Crippen LogP contribution is 2.32. The largest absolute Gasteiger partial charge is 0.481 e. The van der Waals surface area contributed by atoms with Crippen molar-refractivity contribution < 1.29 is 9.53 Å². The third-order valence-electron chi connectivity index (χ3n) is 3.91. The highest BCUT2D eigenvalue weighted by molar-refractivity contribution is 5.79. The van der Waals surface area contributed by atoms with E-state index in [0.717, 1.165) is 36.4 Å². The lowest BCUT2D eigenvalue weighted by molar-refractivity contribution is -0.119. The number of nitrogens with one attached hydrogen (secondary N) is 1. The number of hydrogen-bond acceptors (Lipinski definition) is 3. The molecule has 5 heteroatoms. The second-order valence-electron chi connectivity index (χ2n) is 5.06. The molecule has 5 nitrogen and oxygen atoms in total. The van der Waals surface area contributed by atoms with Gasteiger partial charge in [0.05, 0.1) is 12.8 Å². The summed E-state index contributed by atoms with van der Waals surface area (Å²) < 4.78 is 7.17. The summed E-state index contributed by atoms with van der Waals surface area (Å²) in [6.07, 6.45) is 3.23. The van der Waals surface area contributed by atoms with E-state index in [1.165, 1.54) is 0 Å². The van der Waals surface area contributed by atoms with Gasteiger partial charge in [0.1, 0.15) is 0 Å². The van der Waals surface area contributed by atoms with E-state index in [4.69, 9.17) is 4.74 Å². The molecule has 1 aliphatic heterocycles. The van der Waals surface area contributed by atoms with Gasteiger partial charge in [-0.25, -0.2) is 4.68 Å². The van der Waals surface area contributed by atoms with Crippen LogP contribution in [0.4, 0.5) is 0 Å². The molecule has 0 saturated carbocycles. The van der Waals surface area contributed by atoms with Crippen molar-refractivity contribution in [1.82, 2.24) is 15.1 Å². The smallest absolute Gasteiger partial charge is 0.220 e. The molecular weight excluding hydrogens is 230 g/mol. The molecular formula is C13H21N3O2. The van der Waals surface area contributed by atoms with Gasteiger partial charge in [-0.2, -0.15) is 5.10 Å². The Morgan fingerprint density at radius 3 is 2.78 bits per heavy atom. The first kappa shape index (κ1) is 12.9. The van der Waals surface area contributed by atoms with Gasteiger partial charge in [-0.1, -0.05) is 6.92 Å². The van der Waals surface area contributed by atoms with Crippen LogP contribution in [0.15, 0.2) is 0 Å². The average molecular weight is 251 g/mol. The topological polar surface area (TPSA) is 56.2 Å². The van der Waals surface area contributed by atoms with Gasteiger partial charge in [0.2, 0.25) is 11.8 Å². The maximum absolute atomic E-state index is 11.5. The third kappa shape index (κ3) is 2.09. The first-order chi connectivity index (χ1) is 8.51. The summed E-state index contributed by atoms with van der Waals surface area (Å²) in [7, 11) is 3.53. The number of amides is 1. The van der Waals surface area contributed by atoms with Crippen LogP contribution in [0.2, 0.25) is 0 Å². The van der Waals surface area contributed by atoms with Crippen LogP contribution in [0.3, 0.4) is 0 Å². The van der Waals surface area contributed by atoms with Crippen LogP contribution in [0.25, 0.3) is 0 Å². The van der Waals surface area contributed by atoms with Crippen LogP contribution >= 0.6 is 0 Å². The molecule has 2 heterocycles. The second kappa shape index (κ2) is 4.63. The van der Waals surface area contributed by atoms with E-state index in [0.29, 0.717) is 6.42 Å². The molecule has 1 saturated heterocycles. The quantitative estimate of drug-likeness (QED) is 0.878. The van der Waals surface area contributed by atoms with Gasteiger partial charge in [0, 0.05) is 31.0 Å². The van der Waals surface area contributed by atoms with E-state index in [-0.39, 0.29) is 11.4 Å². The minimum absolute atomic E-state index is 0.127. The zero-order chi connectivity index (χ0) is 13.3. The molecule has 1 aliphatic rings. The van der Waals surface area contributed by atoms with Crippen LogP contribution in [0.1, 0.15) is 37.4 Å². The molecule has 1 atom stereocenters. The molecule has 1 fully saturated rings. The van der Waals surface area contributed by atoms with Crippen LogP contribution < -0.4 is 10.1 Å². The Labute approximate surface area is 108 Å². The first-order valence-electron chi connectivity index (χ1n) is 6.39. The van der Waals surface area contributed by atoms with Crippen LogP contribution in [0, 0.1) is 6.92 Å².